The number of carbonyl (C=O) groups is 2. The SMILES string of the molecule is C=CC(=O)Nc1cccc(Nc2nc3c(c(Nc4cnn(CCOC)c4)n2)C(=O)NC3)c1. The Kier molecular flexibility index (Phi) is 6.08. The average Bonchev–Trinajstić information content (AvgIpc) is 3.38. The molecule has 2 amide bonds. The lowest BCUT2D eigenvalue weighted by molar-refractivity contribution is -0.111. The molecule has 0 fully saturated rings. The quantitative estimate of drug-likeness (QED) is 0.376. The van der Waals surface area contributed by atoms with Crippen LogP contribution in [-0.2, 0) is 22.6 Å². The van der Waals surface area contributed by atoms with Crippen molar-refractivity contribution < 1.29 is 14.3 Å². The number of amides is 2. The molecule has 3 heterocycles. The summed E-state index contributed by atoms with van der Waals surface area (Å²) in [6.07, 6.45) is 4.65. The molecular weight excluding hydrogens is 412 g/mol. The molecule has 11 nitrogen and oxygen atoms in total. The predicted octanol–water partition coefficient (Wildman–Crippen LogP) is 2.17. The van der Waals surface area contributed by atoms with Gasteiger partial charge in [-0.1, -0.05) is 12.6 Å². The van der Waals surface area contributed by atoms with Crippen LogP contribution >= 0.6 is 0 Å². The van der Waals surface area contributed by atoms with E-state index < -0.39 is 0 Å². The zero-order chi connectivity index (χ0) is 22.5. The summed E-state index contributed by atoms with van der Waals surface area (Å²) in [5.41, 5.74) is 2.93. The van der Waals surface area contributed by atoms with Crippen LogP contribution in [-0.4, -0.2) is 45.3 Å². The summed E-state index contributed by atoms with van der Waals surface area (Å²) in [5.74, 6) is 0.129. The van der Waals surface area contributed by atoms with Crippen molar-refractivity contribution >= 4 is 40.6 Å². The number of hydrogen-bond acceptors (Lipinski definition) is 8. The van der Waals surface area contributed by atoms with Crippen LogP contribution < -0.4 is 21.3 Å². The fourth-order valence-electron chi connectivity index (χ4n) is 3.14. The Bertz CT molecular complexity index is 1170. The summed E-state index contributed by atoms with van der Waals surface area (Å²) in [6, 6.07) is 7.10. The van der Waals surface area contributed by atoms with Gasteiger partial charge in [-0.2, -0.15) is 10.1 Å². The molecular formula is C21H22N8O3. The maximum absolute atomic E-state index is 12.3. The molecule has 0 aliphatic carbocycles. The van der Waals surface area contributed by atoms with Crippen LogP contribution in [0.2, 0.25) is 0 Å². The number of methoxy groups -OCH3 is 1. The first-order valence-electron chi connectivity index (χ1n) is 9.83. The highest BCUT2D eigenvalue weighted by atomic mass is 16.5. The summed E-state index contributed by atoms with van der Waals surface area (Å²) >= 11 is 0. The maximum Gasteiger partial charge on any atom is 0.257 e. The average molecular weight is 434 g/mol. The summed E-state index contributed by atoms with van der Waals surface area (Å²) in [6.45, 7) is 4.89. The lowest BCUT2D eigenvalue weighted by atomic mass is 10.2. The zero-order valence-electron chi connectivity index (χ0n) is 17.4. The zero-order valence-corrected chi connectivity index (χ0v) is 17.4. The van der Waals surface area contributed by atoms with Crippen molar-refractivity contribution in [1.82, 2.24) is 25.1 Å². The van der Waals surface area contributed by atoms with Gasteiger partial charge >= 0.3 is 0 Å². The number of anilines is 5. The second-order valence-electron chi connectivity index (χ2n) is 6.91. The van der Waals surface area contributed by atoms with Crippen molar-refractivity contribution in [2.75, 3.05) is 29.7 Å². The van der Waals surface area contributed by atoms with Crippen LogP contribution in [0.5, 0.6) is 0 Å². The van der Waals surface area contributed by atoms with Crippen LogP contribution in [0.15, 0.2) is 49.3 Å². The van der Waals surface area contributed by atoms with Crippen molar-refractivity contribution in [1.29, 1.82) is 0 Å². The van der Waals surface area contributed by atoms with Gasteiger partial charge in [0.25, 0.3) is 5.91 Å². The van der Waals surface area contributed by atoms with E-state index in [1.54, 1.807) is 42.4 Å². The minimum atomic E-state index is -0.307. The van der Waals surface area contributed by atoms with Gasteiger partial charge in [-0.05, 0) is 24.3 Å². The van der Waals surface area contributed by atoms with E-state index in [0.29, 0.717) is 59.8 Å². The molecule has 1 aliphatic heterocycles. The molecule has 4 rings (SSSR count). The van der Waals surface area contributed by atoms with Crippen molar-refractivity contribution in [3.05, 3.63) is 60.6 Å². The van der Waals surface area contributed by atoms with E-state index in [9.17, 15) is 9.59 Å². The third-order valence-electron chi connectivity index (χ3n) is 4.62. The number of hydrogen-bond donors (Lipinski definition) is 4. The van der Waals surface area contributed by atoms with Crippen LogP contribution in [0.3, 0.4) is 0 Å². The first-order valence-corrected chi connectivity index (χ1v) is 9.83. The molecule has 1 aliphatic rings. The van der Waals surface area contributed by atoms with Crippen molar-refractivity contribution in [3.63, 3.8) is 0 Å². The van der Waals surface area contributed by atoms with E-state index >= 15 is 0 Å². The molecule has 1 aromatic carbocycles. The standard InChI is InChI=1S/C21H22N8O3/c1-3-17(30)24-13-5-4-6-14(9-13)26-21-27-16-11-22-20(31)18(16)19(28-21)25-15-10-23-29(12-15)7-8-32-2/h3-6,9-10,12H,1,7-8,11H2,2H3,(H,22,31)(H,24,30)(H2,25,26,27,28). The Labute approximate surface area is 183 Å². The number of aromatic nitrogens is 4. The molecule has 2 aromatic heterocycles. The lowest BCUT2D eigenvalue weighted by Gasteiger charge is -2.12. The van der Waals surface area contributed by atoms with Crippen LogP contribution in [0.4, 0.5) is 28.8 Å². The molecule has 0 saturated carbocycles. The fourth-order valence-corrected chi connectivity index (χ4v) is 3.14. The number of nitrogens with one attached hydrogen (secondary N) is 4. The number of ether oxygens (including phenoxy) is 1. The van der Waals surface area contributed by atoms with Gasteiger partial charge in [0.2, 0.25) is 11.9 Å². The fraction of sp³-hybridized carbons (Fsp3) is 0.190. The summed E-state index contributed by atoms with van der Waals surface area (Å²) < 4.78 is 6.80. The van der Waals surface area contributed by atoms with Gasteiger partial charge < -0.3 is 26.0 Å². The van der Waals surface area contributed by atoms with E-state index in [2.05, 4.69) is 42.9 Å². The molecule has 11 heteroatoms. The number of nitrogens with zero attached hydrogens (tertiary/aromatic N) is 4. The normalized spacial score (nSPS) is 12.1. The maximum atomic E-state index is 12.3. The van der Waals surface area contributed by atoms with E-state index in [0.717, 1.165) is 0 Å². The summed E-state index contributed by atoms with van der Waals surface area (Å²) in [7, 11) is 1.63. The molecule has 0 spiro atoms. The molecule has 164 valence electrons. The monoisotopic (exact) mass is 434 g/mol. The highest BCUT2D eigenvalue weighted by molar-refractivity contribution is 6.03. The van der Waals surface area contributed by atoms with E-state index in [-0.39, 0.29) is 11.8 Å². The molecule has 0 bridgehead atoms. The van der Waals surface area contributed by atoms with E-state index in [1.807, 2.05) is 6.07 Å². The Morgan fingerprint density at radius 3 is 2.94 bits per heavy atom. The smallest absolute Gasteiger partial charge is 0.257 e. The summed E-state index contributed by atoms with van der Waals surface area (Å²) in [4.78, 5) is 32.9. The summed E-state index contributed by atoms with van der Waals surface area (Å²) in [5, 5.41) is 16.0. The first-order chi connectivity index (χ1) is 15.6. The predicted molar refractivity (Wildman–Crippen MR) is 119 cm³/mol. The molecule has 0 unspecified atom stereocenters. The number of rotatable bonds is 9. The van der Waals surface area contributed by atoms with Crippen molar-refractivity contribution in [3.8, 4) is 0 Å². The van der Waals surface area contributed by atoms with Crippen LogP contribution in [0.1, 0.15) is 16.1 Å². The minimum Gasteiger partial charge on any atom is -0.383 e. The van der Waals surface area contributed by atoms with Gasteiger partial charge in [-0.3, -0.25) is 14.3 Å². The Hall–Kier alpha value is -4.25. The topological polar surface area (TPSA) is 135 Å². The largest absolute Gasteiger partial charge is 0.383 e. The van der Waals surface area contributed by atoms with E-state index in [1.165, 1.54) is 6.08 Å². The minimum absolute atomic E-state index is 0.241. The Balaban J connectivity index is 1.59. The first kappa shape index (κ1) is 21.0. The van der Waals surface area contributed by atoms with Gasteiger partial charge in [0, 0.05) is 24.7 Å². The molecule has 3 aromatic rings. The van der Waals surface area contributed by atoms with E-state index in [4.69, 9.17) is 4.74 Å². The van der Waals surface area contributed by atoms with Gasteiger partial charge in [-0.15, -0.1) is 0 Å². The highest BCUT2D eigenvalue weighted by Gasteiger charge is 2.27. The molecule has 0 radical (unpaired) electrons. The third kappa shape index (κ3) is 4.73. The molecule has 0 atom stereocenters. The Morgan fingerprint density at radius 1 is 1.28 bits per heavy atom. The Morgan fingerprint density at radius 2 is 2.12 bits per heavy atom. The number of fused-ring (bicyclic) bond motifs is 1. The highest BCUT2D eigenvalue weighted by Crippen LogP contribution is 2.27. The number of carbonyl (C=O) groups excluding carboxylic acids is 2. The van der Waals surface area contributed by atoms with Crippen molar-refractivity contribution in [2.24, 2.45) is 0 Å². The van der Waals surface area contributed by atoms with Gasteiger partial charge in [0.1, 0.15) is 11.4 Å². The van der Waals surface area contributed by atoms with Crippen LogP contribution in [0.25, 0.3) is 0 Å². The second-order valence-corrected chi connectivity index (χ2v) is 6.91. The second kappa shape index (κ2) is 9.27. The molecule has 0 saturated heterocycles. The van der Waals surface area contributed by atoms with Gasteiger partial charge in [-0.25, -0.2) is 4.98 Å². The van der Waals surface area contributed by atoms with Gasteiger partial charge in [0.05, 0.1) is 37.3 Å². The van der Waals surface area contributed by atoms with Crippen molar-refractivity contribution in [2.45, 2.75) is 13.1 Å². The molecule has 4 N–H and O–H groups in total. The lowest BCUT2D eigenvalue weighted by Crippen LogP contribution is -2.14. The van der Waals surface area contributed by atoms with Crippen LogP contribution in [0, 0.1) is 0 Å². The molecule has 32 heavy (non-hydrogen) atoms. The van der Waals surface area contributed by atoms with Gasteiger partial charge in [0.15, 0.2) is 0 Å². The number of benzene rings is 1. The third-order valence-corrected chi connectivity index (χ3v) is 4.62.